The van der Waals surface area contributed by atoms with Crippen molar-refractivity contribution in [1.82, 2.24) is 9.80 Å². The monoisotopic (exact) mass is 415 g/mol. The zero-order valence-corrected chi connectivity index (χ0v) is 17.8. The van der Waals surface area contributed by atoms with Crippen LogP contribution in [-0.4, -0.2) is 59.8 Å². The molecular weight excluding hydrogens is 381 g/mol. The first-order valence-electron chi connectivity index (χ1n) is 11.8. The average Bonchev–Trinajstić information content (AvgIpc) is 3.60. The number of nitrogens with zero attached hydrogens (tertiary/aromatic N) is 2. The number of ether oxygens (including phenoxy) is 1. The van der Waals surface area contributed by atoms with Crippen LogP contribution in [0.2, 0.25) is 0 Å². The molecule has 2 amide bonds. The standard InChI is InChI=1S/C24H34FN3O2/c25-20-6-2-3-7-21(20)26-23(29)27-14-10-19(11-15-27)28-16-22(30-17-18-8-9-18)24(28)12-4-1-5-13-24/h2-3,6-7,18-19,22H,1,4-5,8-17H2,(H,26,29). The molecule has 1 atom stereocenters. The third kappa shape index (κ3) is 3.96. The summed E-state index contributed by atoms with van der Waals surface area (Å²) in [6.45, 7) is 3.46. The van der Waals surface area contributed by atoms with Crippen molar-refractivity contribution in [2.24, 2.45) is 5.92 Å². The van der Waals surface area contributed by atoms with Crippen molar-refractivity contribution in [3.8, 4) is 0 Å². The number of likely N-dealkylation sites (tertiary alicyclic amines) is 2. The zero-order valence-electron chi connectivity index (χ0n) is 17.8. The Bertz CT molecular complexity index is 755. The molecule has 5 nitrogen and oxygen atoms in total. The van der Waals surface area contributed by atoms with Gasteiger partial charge in [0, 0.05) is 37.8 Å². The molecule has 6 heteroatoms. The minimum atomic E-state index is -0.391. The first-order chi connectivity index (χ1) is 14.7. The largest absolute Gasteiger partial charge is 0.375 e. The van der Waals surface area contributed by atoms with Crippen molar-refractivity contribution >= 4 is 11.7 Å². The summed E-state index contributed by atoms with van der Waals surface area (Å²) < 4.78 is 20.2. The maximum Gasteiger partial charge on any atom is 0.321 e. The lowest BCUT2D eigenvalue weighted by Gasteiger charge is -2.63. The fraction of sp³-hybridized carbons (Fsp3) is 0.708. The number of benzene rings is 1. The van der Waals surface area contributed by atoms with E-state index in [9.17, 15) is 9.18 Å². The van der Waals surface area contributed by atoms with Gasteiger partial charge in [-0.2, -0.15) is 0 Å². The molecule has 2 saturated heterocycles. The summed E-state index contributed by atoms with van der Waals surface area (Å²) >= 11 is 0. The number of para-hydroxylation sites is 1. The van der Waals surface area contributed by atoms with Crippen molar-refractivity contribution in [3.05, 3.63) is 30.1 Å². The van der Waals surface area contributed by atoms with Crippen LogP contribution in [0.5, 0.6) is 0 Å². The van der Waals surface area contributed by atoms with Crippen LogP contribution in [0.1, 0.15) is 57.8 Å². The van der Waals surface area contributed by atoms with E-state index in [1.54, 1.807) is 18.2 Å². The SMILES string of the molecule is O=C(Nc1ccccc1F)N1CCC(N2CC(OCC3CC3)C23CCCCC3)CC1. The van der Waals surface area contributed by atoms with E-state index < -0.39 is 5.82 Å². The summed E-state index contributed by atoms with van der Waals surface area (Å²) in [6, 6.07) is 6.68. The maximum absolute atomic E-state index is 13.8. The van der Waals surface area contributed by atoms with Crippen LogP contribution in [0.25, 0.3) is 0 Å². The Hall–Kier alpha value is -1.66. The number of halogens is 1. The van der Waals surface area contributed by atoms with Crippen LogP contribution < -0.4 is 5.32 Å². The molecule has 1 spiro atoms. The quantitative estimate of drug-likeness (QED) is 0.762. The fourth-order valence-electron chi connectivity index (χ4n) is 5.77. The number of hydrogen-bond donors (Lipinski definition) is 1. The van der Waals surface area contributed by atoms with Crippen molar-refractivity contribution in [3.63, 3.8) is 0 Å². The second kappa shape index (κ2) is 8.46. The number of amides is 2. The highest BCUT2D eigenvalue weighted by Gasteiger charge is 2.56. The van der Waals surface area contributed by atoms with Gasteiger partial charge in [-0.25, -0.2) is 9.18 Å². The van der Waals surface area contributed by atoms with Gasteiger partial charge in [0.2, 0.25) is 0 Å². The van der Waals surface area contributed by atoms with Gasteiger partial charge in [0.15, 0.2) is 0 Å². The highest BCUT2D eigenvalue weighted by atomic mass is 19.1. The Morgan fingerprint density at radius 2 is 1.83 bits per heavy atom. The number of urea groups is 1. The Morgan fingerprint density at radius 1 is 1.10 bits per heavy atom. The van der Waals surface area contributed by atoms with E-state index in [0.29, 0.717) is 12.1 Å². The summed E-state index contributed by atoms with van der Waals surface area (Å²) in [6.07, 6.45) is 11.6. The van der Waals surface area contributed by atoms with Crippen molar-refractivity contribution in [2.45, 2.75) is 75.5 Å². The van der Waals surface area contributed by atoms with E-state index >= 15 is 0 Å². The molecule has 5 rings (SSSR count). The second-order valence-corrected chi connectivity index (χ2v) is 9.71. The van der Waals surface area contributed by atoms with Gasteiger partial charge in [-0.05, 0) is 56.6 Å². The highest BCUT2D eigenvalue weighted by molar-refractivity contribution is 5.89. The second-order valence-electron chi connectivity index (χ2n) is 9.71. The lowest BCUT2D eigenvalue weighted by atomic mass is 9.69. The van der Waals surface area contributed by atoms with E-state index in [4.69, 9.17) is 4.74 Å². The molecule has 2 aliphatic heterocycles. The van der Waals surface area contributed by atoms with Gasteiger partial charge in [-0.1, -0.05) is 31.4 Å². The molecule has 2 saturated carbocycles. The highest BCUT2D eigenvalue weighted by Crippen LogP contribution is 2.48. The Balaban J connectivity index is 1.16. The van der Waals surface area contributed by atoms with Crippen LogP contribution in [0.15, 0.2) is 24.3 Å². The normalized spacial score (nSPS) is 27.1. The maximum atomic E-state index is 13.8. The predicted octanol–water partition coefficient (Wildman–Crippen LogP) is 4.64. The molecule has 2 heterocycles. The molecule has 0 aromatic heterocycles. The first-order valence-corrected chi connectivity index (χ1v) is 11.8. The molecule has 0 radical (unpaired) electrons. The van der Waals surface area contributed by atoms with Crippen LogP contribution in [0.3, 0.4) is 0 Å². The molecule has 0 bridgehead atoms. The van der Waals surface area contributed by atoms with E-state index in [2.05, 4.69) is 10.2 Å². The lowest BCUT2D eigenvalue weighted by Crippen LogP contribution is -2.75. The molecule has 4 fully saturated rings. The van der Waals surface area contributed by atoms with E-state index in [1.165, 1.54) is 51.0 Å². The summed E-state index contributed by atoms with van der Waals surface area (Å²) in [7, 11) is 0. The third-order valence-corrected chi connectivity index (χ3v) is 7.79. The molecule has 2 aliphatic carbocycles. The molecule has 30 heavy (non-hydrogen) atoms. The number of hydrogen-bond acceptors (Lipinski definition) is 3. The van der Waals surface area contributed by atoms with E-state index in [0.717, 1.165) is 45.0 Å². The third-order valence-electron chi connectivity index (χ3n) is 7.79. The number of carbonyl (C=O) groups is 1. The molecule has 1 N–H and O–H groups in total. The summed E-state index contributed by atoms with van der Waals surface area (Å²) in [4.78, 5) is 17.2. The van der Waals surface area contributed by atoms with E-state index in [1.807, 2.05) is 4.90 Å². The van der Waals surface area contributed by atoms with Gasteiger partial charge in [0.05, 0.1) is 11.8 Å². The topological polar surface area (TPSA) is 44.8 Å². The molecular formula is C24H34FN3O2. The van der Waals surface area contributed by atoms with Crippen LogP contribution in [-0.2, 0) is 4.74 Å². The minimum absolute atomic E-state index is 0.194. The van der Waals surface area contributed by atoms with Crippen LogP contribution in [0.4, 0.5) is 14.9 Å². The van der Waals surface area contributed by atoms with Crippen LogP contribution in [0, 0.1) is 11.7 Å². The number of anilines is 1. The first kappa shape index (κ1) is 20.3. The number of carbonyl (C=O) groups excluding carboxylic acids is 1. The zero-order chi connectivity index (χ0) is 20.6. The fourth-order valence-corrected chi connectivity index (χ4v) is 5.77. The van der Waals surface area contributed by atoms with Crippen molar-refractivity contribution < 1.29 is 13.9 Å². The van der Waals surface area contributed by atoms with Gasteiger partial charge >= 0.3 is 6.03 Å². The van der Waals surface area contributed by atoms with Gasteiger partial charge < -0.3 is 15.0 Å². The van der Waals surface area contributed by atoms with Gasteiger partial charge in [0.1, 0.15) is 5.82 Å². The van der Waals surface area contributed by atoms with Crippen LogP contribution >= 0.6 is 0 Å². The Morgan fingerprint density at radius 3 is 2.53 bits per heavy atom. The lowest BCUT2D eigenvalue weighted by molar-refractivity contribution is -0.202. The van der Waals surface area contributed by atoms with Gasteiger partial charge in [-0.15, -0.1) is 0 Å². The minimum Gasteiger partial charge on any atom is -0.375 e. The van der Waals surface area contributed by atoms with Gasteiger partial charge in [-0.3, -0.25) is 4.90 Å². The molecule has 4 aliphatic rings. The molecule has 1 aromatic rings. The smallest absolute Gasteiger partial charge is 0.321 e. The molecule has 164 valence electrons. The molecule has 1 unspecified atom stereocenters. The number of nitrogens with one attached hydrogen (secondary N) is 1. The van der Waals surface area contributed by atoms with Crippen molar-refractivity contribution in [1.29, 1.82) is 0 Å². The summed E-state index contributed by atoms with van der Waals surface area (Å²) in [5.74, 6) is 0.425. The Labute approximate surface area is 178 Å². The number of rotatable bonds is 5. The van der Waals surface area contributed by atoms with Gasteiger partial charge in [0.25, 0.3) is 0 Å². The molecule has 1 aromatic carbocycles. The van der Waals surface area contributed by atoms with Crippen molar-refractivity contribution in [2.75, 3.05) is 31.6 Å². The Kier molecular flexibility index (Phi) is 5.71. The van der Waals surface area contributed by atoms with E-state index in [-0.39, 0.29) is 17.3 Å². The predicted molar refractivity (Wildman–Crippen MR) is 115 cm³/mol. The summed E-state index contributed by atoms with van der Waals surface area (Å²) in [5, 5.41) is 2.73. The average molecular weight is 416 g/mol. The number of piperidine rings is 1. The summed E-state index contributed by atoms with van der Waals surface area (Å²) in [5.41, 5.74) is 0.499.